The predicted molar refractivity (Wildman–Crippen MR) is 80.0 cm³/mol. The number of benzene rings is 1. The van der Waals surface area contributed by atoms with Crippen LogP contribution < -0.4 is 10.6 Å². The minimum absolute atomic E-state index is 0.0745. The van der Waals surface area contributed by atoms with Crippen LogP contribution in [0.15, 0.2) is 28.7 Å². The monoisotopic (exact) mass is 325 g/mol. The highest BCUT2D eigenvalue weighted by Crippen LogP contribution is 2.11. The third-order valence-corrected chi connectivity index (χ3v) is 3.89. The molecule has 0 atom stereocenters. The lowest BCUT2D eigenvalue weighted by atomic mass is 10.1. The van der Waals surface area contributed by atoms with Crippen LogP contribution in [0.5, 0.6) is 0 Å². The maximum Gasteiger partial charge on any atom is 0.315 e. The van der Waals surface area contributed by atoms with E-state index in [2.05, 4.69) is 38.5 Å². The Bertz CT molecular complexity index is 430. The molecule has 2 rings (SSSR count). The van der Waals surface area contributed by atoms with Crippen molar-refractivity contribution in [2.45, 2.75) is 25.4 Å². The van der Waals surface area contributed by atoms with Crippen LogP contribution in [0.2, 0.25) is 0 Å². The van der Waals surface area contributed by atoms with Gasteiger partial charge in [-0.2, -0.15) is 0 Å². The van der Waals surface area contributed by atoms with Crippen molar-refractivity contribution in [3.05, 3.63) is 34.3 Å². The zero-order chi connectivity index (χ0) is 13.7. The molecule has 1 aliphatic heterocycles. The van der Waals surface area contributed by atoms with E-state index in [-0.39, 0.29) is 6.03 Å². The van der Waals surface area contributed by atoms with Crippen LogP contribution in [0.3, 0.4) is 0 Å². The molecule has 19 heavy (non-hydrogen) atoms. The highest BCUT2D eigenvalue weighted by atomic mass is 79.9. The van der Waals surface area contributed by atoms with Crippen molar-refractivity contribution in [3.8, 4) is 0 Å². The van der Waals surface area contributed by atoms with Crippen LogP contribution in [-0.4, -0.2) is 37.1 Å². The smallest absolute Gasteiger partial charge is 0.315 e. The third kappa shape index (κ3) is 4.84. The summed E-state index contributed by atoms with van der Waals surface area (Å²) in [7, 11) is 2.11. The number of hydrogen-bond donors (Lipinski definition) is 2. The number of rotatable bonds is 3. The summed E-state index contributed by atoms with van der Waals surface area (Å²) in [5.41, 5.74) is 1.09. The molecule has 1 fully saturated rings. The van der Waals surface area contributed by atoms with Crippen molar-refractivity contribution in [1.82, 2.24) is 15.5 Å². The summed E-state index contributed by atoms with van der Waals surface area (Å²) in [5, 5.41) is 5.94. The number of urea groups is 1. The van der Waals surface area contributed by atoms with Crippen LogP contribution in [0.25, 0.3) is 0 Å². The van der Waals surface area contributed by atoms with Gasteiger partial charge in [-0.1, -0.05) is 28.1 Å². The van der Waals surface area contributed by atoms with Crippen LogP contribution >= 0.6 is 15.9 Å². The molecule has 2 amide bonds. The quantitative estimate of drug-likeness (QED) is 0.895. The summed E-state index contributed by atoms with van der Waals surface area (Å²) in [6.45, 7) is 2.66. The van der Waals surface area contributed by atoms with Crippen molar-refractivity contribution in [1.29, 1.82) is 0 Å². The van der Waals surface area contributed by atoms with E-state index in [1.165, 1.54) is 0 Å². The standard InChI is InChI=1S/C14H20BrN3O/c1-18-7-5-13(6-8-18)17-14(19)16-10-11-3-2-4-12(15)9-11/h2-4,9,13H,5-8,10H2,1H3,(H2,16,17,19). The van der Waals surface area contributed by atoms with Crippen LogP contribution in [0.1, 0.15) is 18.4 Å². The molecule has 1 aliphatic rings. The van der Waals surface area contributed by atoms with Gasteiger partial charge >= 0.3 is 6.03 Å². The first-order valence-corrected chi connectivity index (χ1v) is 7.40. The molecule has 0 spiro atoms. The Morgan fingerprint density at radius 3 is 2.84 bits per heavy atom. The Morgan fingerprint density at radius 2 is 2.16 bits per heavy atom. The maximum absolute atomic E-state index is 11.8. The maximum atomic E-state index is 11.8. The average molecular weight is 326 g/mol. The van der Waals surface area contributed by atoms with E-state index in [4.69, 9.17) is 0 Å². The number of piperidine rings is 1. The first-order valence-electron chi connectivity index (χ1n) is 6.61. The Morgan fingerprint density at radius 1 is 1.42 bits per heavy atom. The van der Waals surface area contributed by atoms with E-state index in [1.54, 1.807) is 0 Å². The van der Waals surface area contributed by atoms with Gasteiger partial charge in [0.25, 0.3) is 0 Å². The van der Waals surface area contributed by atoms with E-state index < -0.39 is 0 Å². The predicted octanol–water partition coefficient (Wildman–Crippen LogP) is 2.34. The van der Waals surface area contributed by atoms with Gasteiger partial charge in [0.15, 0.2) is 0 Å². The molecule has 1 aromatic carbocycles. The average Bonchev–Trinajstić information content (AvgIpc) is 2.39. The summed E-state index contributed by atoms with van der Waals surface area (Å²) in [6.07, 6.45) is 2.06. The number of carbonyl (C=O) groups excluding carboxylic acids is 1. The van der Waals surface area contributed by atoms with Gasteiger partial charge in [0, 0.05) is 17.1 Å². The number of halogens is 1. The Labute approximate surface area is 122 Å². The molecule has 104 valence electrons. The topological polar surface area (TPSA) is 44.4 Å². The van der Waals surface area contributed by atoms with E-state index in [1.807, 2.05) is 24.3 Å². The summed E-state index contributed by atoms with van der Waals surface area (Å²) < 4.78 is 1.03. The van der Waals surface area contributed by atoms with Gasteiger partial charge < -0.3 is 15.5 Å². The van der Waals surface area contributed by atoms with Gasteiger partial charge in [-0.25, -0.2) is 4.79 Å². The highest BCUT2D eigenvalue weighted by molar-refractivity contribution is 9.10. The van der Waals surface area contributed by atoms with Gasteiger partial charge in [-0.05, 0) is 50.7 Å². The lowest BCUT2D eigenvalue weighted by Crippen LogP contribution is -2.46. The van der Waals surface area contributed by atoms with Gasteiger partial charge in [-0.3, -0.25) is 0 Å². The van der Waals surface area contributed by atoms with Crippen LogP contribution in [0.4, 0.5) is 4.79 Å². The number of hydrogen-bond acceptors (Lipinski definition) is 2. The van der Waals surface area contributed by atoms with E-state index in [0.29, 0.717) is 12.6 Å². The minimum atomic E-state index is -0.0745. The lowest BCUT2D eigenvalue weighted by Gasteiger charge is -2.29. The molecule has 5 heteroatoms. The van der Waals surface area contributed by atoms with Gasteiger partial charge in [0.05, 0.1) is 0 Å². The van der Waals surface area contributed by atoms with E-state index >= 15 is 0 Å². The fourth-order valence-corrected chi connectivity index (χ4v) is 2.67. The SMILES string of the molecule is CN1CCC(NC(=O)NCc2cccc(Br)c2)CC1. The molecule has 1 heterocycles. The molecule has 1 aromatic rings. The number of carbonyl (C=O) groups is 1. The Balaban J connectivity index is 1.73. The molecular weight excluding hydrogens is 306 g/mol. The number of nitrogens with zero attached hydrogens (tertiary/aromatic N) is 1. The van der Waals surface area contributed by atoms with E-state index in [9.17, 15) is 4.79 Å². The van der Waals surface area contributed by atoms with Gasteiger partial charge in [0.2, 0.25) is 0 Å². The number of amides is 2. The molecule has 2 N–H and O–H groups in total. The number of nitrogens with one attached hydrogen (secondary N) is 2. The summed E-state index contributed by atoms with van der Waals surface area (Å²) in [5.74, 6) is 0. The zero-order valence-corrected chi connectivity index (χ0v) is 12.7. The van der Waals surface area contributed by atoms with Gasteiger partial charge in [0.1, 0.15) is 0 Å². The Hall–Kier alpha value is -1.07. The lowest BCUT2D eigenvalue weighted by molar-refractivity contribution is 0.213. The van der Waals surface area contributed by atoms with Crippen molar-refractivity contribution < 1.29 is 4.79 Å². The largest absolute Gasteiger partial charge is 0.335 e. The van der Waals surface area contributed by atoms with Crippen molar-refractivity contribution >= 4 is 22.0 Å². The highest BCUT2D eigenvalue weighted by Gasteiger charge is 2.17. The van der Waals surface area contributed by atoms with Crippen molar-refractivity contribution in [2.75, 3.05) is 20.1 Å². The summed E-state index contributed by atoms with van der Waals surface area (Å²) in [4.78, 5) is 14.1. The second-order valence-corrected chi connectivity index (χ2v) is 5.95. The molecule has 0 unspecified atom stereocenters. The van der Waals surface area contributed by atoms with Crippen molar-refractivity contribution in [2.24, 2.45) is 0 Å². The second-order valence-electron chi connectivity index (χ2n) is 5.03. The van der Waals surface area contributed by atoms with Crippen LogP contribution in [0, 0.1) is 0 Å². The minimum Gasteiger partial charge on any atom is -0.335 e. The molecule has 4 nitrogen and oxygen atoms in total. The summed E-state index contributed by atoms with van der Waals surface area (Å²) in [6, 6.07) is 8.18. The second kappa shape index (κ2) is 6.91. The number of likely N-dealkylation sites (tertiary alicyclic amines) is 1. The third-order valence-electron chi connectivity index (χ3n) is 3.40. The fourth-order valence-electron chi connectivity index (χ4n) is 2.22. The fraction of sp³-hybridized carbons (Fsp3) is 0.500. The molecule has 1 saturated heterocycles. The zero-order valence-electron chi connectivity index (χ0n) is 11.2. The molecule has 0 aromatic heterocycles. The Kier molecular flexibility index (Phi) is 5.22. The summed E-state index contributed by atoms with van der Waals surface area (Å²) >= 11 is 3.42. The van der Waals surface area contributed by atoms with Gasteiger partial charge in [-0.15, -0.1) is 0 Å². The van der Waals surface area contributed by atoms with Crippen LogP contribution in [-0.2, 0) is 6.54 Å². The first-order chi connectivity index (χ1) is 9.13. The molecular formula is C14H20BrN3O. The molecule has 0 aliphatic carbocycles. The molecule has 0 saturated carbocycles. The normalized spacial score (nSPS) is 17.2. The molecule has 0 radical (unpaired) electrons. The first kappa shape index (κ1) is 14.3. The van der Waals surface area contributed by atoms with Crippen molar-refractivity contribution in [3.63, 3.8) is 0 Å². The molecule has 0 bridgehead atoms. The van der Waals surface area contributed by atoms with E-state index in [0.717, 1.165) is 36.0 Å².